The quantitative estimate of drug-likeness (QED) is 0.816. The molecule has 0 saturated heterocycles. The van der Waals surface area contributed by atoms with Crippen molar-refractivity contribution in [1.82, 2.24) is 0 Å². The van der Waals surface area contributed by atoms with Gasteiger partial charge in [-0.1, -0.05) is 0 Å². The van der Waals surface area contributed by atoms with E-state index >= 15 is 0 Å². The molecular weight excluding hydrogens is 224 g/mol. The number of carboxylic acids is 1. The van der Waals surface area contributed by atoms with Gasteiger partial charge in [-0.15, -0.1) is 0 Å². The summed E-state index contributed by atoms with van der Waals surface area (Å²) in [6.07, 6.45) is 0. The Morgan fingerprint density at radius 2 is 2.06 bits per heavy atom. The van der Waals surface area contributed by atoms with E-state index in [2.05, 4.69) is 0 Å². The molecule has 0 heterocycles. The van der Waals surface area contributed by atoms with E-state index in [1.807, 2.05) is 0 Å². The summed E-state index contributed by atoms with van der Waals surface area (Å²) in [5.74, 6) is -0.405. The number of hydrogen-bond acceptors (Lipinski definition) is 4. The van der Waals surface area contributed by atoms with E-state index in [9.17, 15) is 9.90 Å². The number of carboxylic acid groups (broad SMARTS) is 1. The molecule has 0 aromatic heterocycles. The first-order valence-electron chi connectivity index (χ1n) is 5.10. The molecule has 1 rings (SSSR count). The molecule has 1 aromatic rings. The highest BCUT2D eigenvalue weighted by Crippen LogP contribution is 2.25. The van der Waals surface area contributed by atoms with Crippen molar-refractivity contribution in [2.75, 3.05) is 13.7 Å². The molecule has 5 nitrogen and oxygen atoms in total. The Morgan fingerprint density at radius 1 is 1.41 bits per heavy atom. The number of ether oxygens (including phenoxy) is 2. The van der Waals surface area contributed by atoms with Crippen LogP contribution < -0.4 is 9.47 Å². The Kier molecular flexibility index (Phi) is 3.96. The van der Waals surface area contributed by atoms with Crippen LogP contribution in [0.25, 0.3) is 0 Å². The normalized spacial score (nSPS) is 11.1. The summed E-state index contributed by atoms with van der Waals surface area (Å²) >= 11 is 0. The van der Waals surface area contributed by atoms with Gasteiger partial charge in [0.15, 0.2) is 0 Å². The maximum absolute atomic E-state index is 11.0. The molecule has 1 aromatic carbocycles. The van der Waals surface area contributed by atoms with E-state index in [-0.39, 0.29) is 17.9 Å². The van der Waals surface area contributed by atoms with Crippen molar-refractivity contribution in [3.63, 3.8) is 0 Å². The molecule has 0 aliphatic carbocycles. The van der Waals surface area contributed by atoms with E-state index in [0.29, 0.717) is 5.75 Å². The number of methoxy groups -OCH3 is 1. The van der Waals surface area contributed by atoms with Crippen LogP contribution in [0.3, 0.4) is 0 Å². The predicted molar refractivity (Wildman–Crippen MR) is 61.7 cm³/mol. The van der Waals surface area contributed by atoms with Crippen LogP contribution >= 0.6 is 0 Å². The molecule has 0 aliphatic heterocycles. The smallest absolute Gasteiger partial charge is 0.339 e. The Balaban J connectivity index is 2.97. The van der Waals surface area contributed by atoms with Gasteiger partial charge in [-0.2, -0.15) is 0 Å². The molecule has 94 valence electrons. The van der Waals surface area contributed by atoms with Gasteiger partial charge in [0.05, 0.1) is 12.7 Å². The SMILES string of the molecule is COc1ccc(C(=O)O)c(OCC(C)(C)O)c1. The van der Waals surface area contributed by atoms with Gasteiger partial charge in [-0.05, 0) is 26.0 Å². The van der Waals surface area contributed by atoms with Crippen LogP contribution in [0, 0.1) is 0 Å². The van der Waals surface area contributed by atoms with Crippen molar-refractivity contribution in [3.8, 4) is 11.5 Å². The van der Waals surface area contributed by atoms with Gasteiger partial charge in [-0.3, -0.25) is 0 Å². The minimum atomic E-state index is -1.08. The summed E-state index contributed by atoms with van der Waals surface area (Å²) in [5, 5.41) is 18.5. The third-order valence-electron chi connectivity index (χ3n) is 2.00. The first-order chi connectivity index (χ1) is 7.83. The predicted octanol–water partition coefficient (Wildman–Crippen LogP) is 1.54. The lowest BCUT2D eigenvalue weighted by molar-refractivity contribution is 0.0274. The number of aromatic carboxylic acids is 1. The van der Waals surface area contributed by atoms with E-state index in [4.69, 9.17) is 14.6 Å². The summed E-state index contributed by atoms with van der Waals surface area (Å²) in [6.45, 7) is 3.15. The standard InChI is InChI=1S/C12H16O5/c1-12(2,15)7-17-10-6-8(16-3)4-5-9(10)11(13)14/h4-6,15H,7H2,1-3H3,(H,13,14). The van der Waals surface area contributed by atoms with E-state index in [0.717, 1.165) is 0 Å². The molecule has 5 heteroatoms. The van der Waals surface area contributed by atoms with Crippen molar-refractivity contribution in [2.24, 2.45) is 0 Å². The van der Waals surface area contributed by atoms with E-state index < -0.39 is 11.6 Å². The zero-order chi connectivity index (χ0) is 13.1. The second kappa shape index (κ2) is 5.05. The van der Waals surface area contributed by atoms with Crippen molar-refractivity contribution in [3.05, 3.63) is 23.8 Å². The van der Waals surface area contributed by atoms with Crippen molar-refractivity contribution < 1.29 is 24.5 Å². The van der Waals surface area contributed by atoms with Crippen molar-refractivity contribution in [2.45, 2.75) is 19.4 Å². The summed E-state index contributed by atoms with van der Waals surface area (Å²) in [5.41, 5.74) is -0.992. The average Bonchev–Trinajstić information content (AvgIpc) is 2.24. The molecule has 0 spiro atoms. The molecule has 0 radical (unpaired) electrons. The maximum Gasteiger partial charge on any atom is 0.339 e. The van der Waals surface area contributed by atoms with Crippen LogP contribution in [0.2, 0.25) is 0 Å². The monoisotopic (exact) mass is 240 g/mol. The van der Waals surface area contributed by atoms with Crippen molar-refractivity contribution >= 4 is 5.97 Å². The van der Waals surface area contributed by atoms with Gasteiger partial charge < -0.3 is 19.7 Å². The van der Waals surface area contributed by atoms with Gasteiger partial charge in [-0.25, -0.2) is 4.79 Å². The highest BCUT2D eigenvalue weighted by Gasteiger charge is 2.17. The third-order valence-corrected chi connectivity index (χ3v) is 2.00. The Labute approximate surface area is 99.6 Å². The largest absolute Gasteiger partial charge is 0.497 e. The number of benzene rings is 1. The second-order valence-electron chi connectivity index (χ2n) is 4.27. The second-order valence-corrected chi connectivity index (χ2v) is 4.27. The van der Waals surface area contributed by atoms with Crippen LogP contribution in [0.4, 0.5) is 0 Å². The third kappa shape index (κ3) is 3.96. The topological polar surface area (TPSA) is 76.0 Å². The van der Waals surface area contributed by atoms with Crippen LogP contribution in [-0.2, 0) is 0 Å². The molecule has 0 atom stereocenters. The molecule has 0 fully saturated rings. The van der Waals surface area contributed by atoms with Gasteiger partial charge in [0.2, 0.25) is 0 Å². The Hall–Kier alpha value is -1.75. The summed E-state index contributed by atoms with van der Waals surface area (Å²) in [7, 11) is 1.48. The summed E-state index contributed by atoms with van der Waals surface area (Å²) in [4.78, 5) is 11.0. The minimum absolute atomic E-state index is 0.000444. The fourth-order valence-electron chi connectivity index (χ4n) is 1.18. The maximum atomic E-state index is 11.0. The van der Waals surface area contributed by atoms with Crippen LogP contribution in [0.15, 0.2) is 18.2 Å². The molecule has 0 amide bonds. The first-order valence-corrected chi connectivity index (χ1v) is 5.10. The number of aliphatic hydroxyl groups is 1. The molecule has 17 heavy (non-hydrogen) atoms. The van der Waals surface area contributed by atoms with Gasteiger partial charge in [0, 0.05) is 6.07 Å². The molecular formula is C12H16O5. The fraction of sp³-hybridized carbons (Fsp3) is 0.417. The zero-order valence-corrected chi connectivity index (χ0v) is 10.1. The van der Waals surface area contributed by atoms with Crippen LogP contribution in [-0.4, -0.2) is 35.5 Å². The molecule has 0 unspecified atom stereocenters. The lowest BCUT2D eigenvalue weighted by atomic mass is 10.1. The van der Waals surface area contributed by atoms with Crippen LogP contribution in [0.5, 0.6) is 11.5 Å². The molecule has 0 aliphatic rings. The minimum Gasteiger partial charge on any atom is -0.497 e. The van der Waals surface area contributed by atoms with E-state index in [1.54, 1.807) is 19.9 Å². The van der Waals surface area contributed by atoms with Crippen molar-refractivity contribution in [1.29, 1.82) is 0 Å². The molecule has 0 bridgehead atoms. The number of rotatable bonds is 5. The van der Waals surface area contributed by atoms with Crippen LogP contribution in [0.1, 0.15) is 24.2 Å². The summed E-state index contributed by atoms with van der Waals surface area (Å²) in [6, 6.07) is 4.43. The zero-order valence-electron chi connectivity index (χ0n) is 10.1. The first kappa shape index (κ1) is 13.3. The number of hydrogen-bond donors (Lipinski definition) is 2. The lowest BCUT2D eigenvalue weighted by Crippen LogP contribution is -2.28. The Bertz CT molecular complexity index is 406. The summed E-state index contributed by atoms with van der Waals surface area (Å²) < 4.78 is 10.3. The van der Waals surface area contributed by atoms with Gasteiger partial charge in [0.1, 0.15) is 23.7 Å². The fourth-order valence-corrected chi connectivity index (χ4v) is 1.18. The molecule has 2 N–H and O–H groups in total. The highest BCUT2D eigenvalue weighted by molar-refractivity contribution is 5.91. The number of carbonyl (C=O) groups is 1. The van der Waals surface area contributed by atoms with Gasteiger partial charge >= 0.3 is 5.97 Å². The van der Waals surface area contributed by atoms with E-state index in [1.165, 1.54) is 19.2 Å². The molecule has 0 saturated carbocycles. The lowest BCUT2D eigenvalue weighted by Gasteiger charge is -2.19. The average molecular weight is 240 g/mol. The van der Waals surface area contributed by atoms with Gasteiger partial charge in [0.25, 0.3) is 0 Å². The Morgan fingerprint density at radius 3 is 2.53 bits per heavy atom. The highest BCUT2D eigenvalue weighted by atomic mass is 16.5.